The lowest BCUT2D eigenvalue weighted by molar-refractivity contribution is -0.116. The predicted molar refractivity (Wildman–Crippen MR) is 195 cm³/mol. The molecule has 5 aromatic rings. The molecular formula is C38H35N3O6S2. The minimum atomic E-state index is -0.554. The SMILES string of the molecule is CCOC(=O)c1c(-c2ccc(C)cc2)csc1NC(=O)C(CC)Sc1cccc(NC(=O)/C(=C/c2ccco2)NC(=O)c2ccccc2)c1. The number of hydrogen-bond acceptors (Lipinski definition) is 8. The Hall–Kier alpha value is -5.39. The van der Waals surface area contributed by atoms with E-state index < -0.39 is 23.0 Å². The lowest BCUT2D eigenvalue weighted by Crippen LogP contribution is -2.30. The predicted octanol–water partition coefficient (Wildman–Crippen LogP) is 8.41. The van der Waals surface area contributed by atoms with Crippen molar-refractivity contribution < 1.29 is 28.3 Å². The topological polar surface area (TPSA) is 127 Å². The zero-order valence-corrected chi connectivity index (χ0v) is 28.8. The molecule has 3 amide bonds. The first-order valence-corrected chi connectivity index (χ1v) is 17.4. The summed E-state index contributed by atoms with van der Waals surface area (Å²) in [5.41, 5.74) is 3.83. The molecule has 3 aromatic carbocycles. The van der Waals surface area contributed by atoms with Gasteiger partial charge in [-0.05, 0) is 68.3 Å². The molecule has 5 rings (SSSR count). The second kappa shape index (κ2) is 16.6. The van der Waals surface area contributed by atoms with Crippen LogP contribution in [0.5, 0.6) is 0 Å². The number of amides is 3. The van der Waals surface area contributed by atoms with Gasteiger partial charge in [-0.25, -0.2) is 4.79 Å². The highest BCUT2D eigenvalue weighted by Crippen LogP contribution is 2.37. The maximum Gasteiger partial charge on any atom is 0.341 e. The van der Waals surface area contributed by atoms with Crippen molar-refractivity contribution in [3.63, 3.8) is 0 Å². The molecule has 0 saturated heterocycles. The van der Waals surface area contributed by atoms with Crippen LogP contribution >= 0.6 is 23.1 Å². The Kier molecular flexibility index (Phi) is 11.9. The number of carbonyl (C=O) groups excluding carboxylic acids is 4. The summed E-state index contributed by atoms with van der Waals surface area (Å²) >= 11 is 2.61. The Morgan fingerprint density at radius 2 is 1.69 bits per heavy atom. The summed E-state index contributed by atoms with van der Waals surface area (Å²) in [5.74, 6) is -1.38. The number of rotatable bonds is 13. The molecule has 0 bridgehead atoms. The molecule has 0 saturated carbocycles. The molecule has 1 atom stereocenters. The van der Waals surface area contributed by atoms with E-state index in [-0.39, 0.29) is 18.2 Å². The normalized spacial score (nSPS) is 11.8. The number of thiophene rings is 1. The van der Waals surface area contributed by atoms with Crippen molar-refractivity contribution in [3.05, 3.63) is 131 Å². The summed E-state index contributed by atoms with van der Waals surface area (Å²) < 4.78 is 10.7. The van der Waals surface area contributed by atoms with Crippen LogP contribution < -0.4 is 16.0 Å². The Balaban J connectivity index is 1.31. The van der Waals surface area contributed by atoms with Crippen LogP contribution in [0.3, 0.4) is 0 Å². The van der Waals surface area contributed by atoms with Crippen molar-refractivity contribution in [2.75, 3.05) is 17.2 Å². The second-order valence-electron chi connectivity index (χ2n) is 10.8. The average Bonchev–Trinajstić information content (AvgIpc) is 3.78. The van der Waals surface area contributed by atoms with Crippen LogP contribution in [-0.4, -0.2) is 35.5 Å². The highest BCUT2D eigenvalue weighted by atomic mass is 32.2. The summed E-state index contributed by atoms with van der Waals surface area (Å²) in [6.45, 7) is 5.84. The van der Waals surface area contributed by atoms with Crippen LogP contribution in [-0.2, 0) is 14.3 Å². The molecule has 2 aromatic heterocycles. The zero-order valence-electron chi connectivity index (χ0n) is 27.1. The smallest absolute Gasteiger partial charge is 0.341 e. The molecule has 0 aliphatic carbocycles. The van der Waals surface area contributed by atoms with E-state index in [1.165, 1.54) is 35.4 Å². The van der Waals surface area contributed by atoms with Crippen LogP contribution in [0.25, 0.3) is 17.2 Å². The van der Waals surface area contributed by atoms with Gasteiger partial charge in [-0.1, -0.05) is 61.0 Å². The van der Waals surface area contributed by atoms with Crippen molar-refractivity contribution >= 4 is 63.6 Å². The van der Waals surface area contributed by atoms with Crippen molar-refractivity contribution in [1.29, 1.82) is 0 Å². The van der Waals surface area contributed by atoms with Gasteiger partial charge in [-0.15, -0.1) is 23.1 Å². The summed E-state index contributed by atoms with van der Waals surface area (Å²) in [5, 5.41) is 10.3. The molecule has 11 heteroatoms. The van der Waals surface area contributed by atoms with Gasteiger partial charge in [0.2, 0.25) is 5.91 Å². The molecular weight excluding hydrogens is 659 g/mol. The number of aryl methyl sites for hydroxylation is 1. The number of nitrogens with one attached hydrogen (secondary N) is 3. The molecule has 3 N–H and O–H groups in total. The first kappa shape index (κ1) is 34.9. The Bertz CT molecular complexity index is 1950. The van der Waals surface area contributed by atoms with E-state index in [2.05, 4.69) is 16.0 Å². The number of hydrogen-bond donors (Lipinski definition) is 3. The van der Waals surface area contributed by atoms with Gasteiger partial charge in [0.25, 0.3) is 11.8 Å². The molecule has 1 unspecified atom stereocenters. The summed E-state index contributed by atoms with van der Waals surface area (Å²) in [6.07, 6.45) is 3.42. The van der Waals surface area contributed by atoms with Crippen molar-refractivity contribution in [2.45, 2.75) is 37.3 Å². The maximum absolute atomic E-state index is 13.6. The molecule has 250 valence electrons. The number of furan rings is 1. The van der Waals surface area contributed by atoms with Crippen molar-refractivity contribution in [2.24, 2.45) is 0 Å². The third-order valence-electron chi connectivity index (χ3n) is 7.26. The van der Waals surface area contributed by atoms with Crippen LogP contribution in [0.2, 0.25) is 0 Å². The summed E-state index contributed by atoms with van der Waals surface area (Å²) in [6, 6.07) is 26.8. The van der Waals surface area contributed by atoms with Crippen LogP contribution in [0.1, 0.15) is 52.3 Å². The fraction of sp³-hybridized carbons (Fsp3) is 0.158. The first-order chi connectivity index (χ1) is 23.7. The number of ether oxygens (including phenoxy) is 1. The van der Waals surface area contributed by atoms with Crippen LogP contribution in [0.15, 0.2) is 118 Å². The molecule has 0 spiro atoms. The van der Waals surface area contributed by atoms with Gasteiger partial charge >= 0.3 is 5.97 Å². The van der Waals surface area contributed by atoms with Gasteiger partial charge in [0.15, 0.2) is 0 Å². The average molecular weight is 694 g/mol. The molecule has 0 aliphatic rings. The minimum absolute atomic E-state index is 0.00831. The van der Waals surface area contributed by atoms with E-state index >= 15 is 0 Å². The first-order valence-electron chi connectivity index (χ1n) is 15.6. The van der Waals surface area contributed by atoms with Gasteiger partial charge in [-0.3, -0.25) is 14.4 Å². The molecule has 0 radical (unpaired) electrons. The third-order valence-corrected chi connectivity index (χ3v) is 9.52. The molecule has 0 aliphatic heterocycles. The highest BCUT2D eigenvalue weighted by Gasteiger charge is 2.26. The Labute approximate surface area is 292 Å². The van der Waals surface area contributed by atoms with Gasteiger partial charge in [0, 0.05) is 33.2 Å². The van der Waals surface area contributed by atoms with Gasteiger partial charge in [-0.2, -0.15) is 0 Å². The van der Waals surface area contributed by atoms with Crippen molar-refractivity contribution in [3.8, 4) is 11.1 Å². The zero-order chi connectivity index (χ0) is 34.8. The van der Waals surface area contributed by atoms with Gasteiger partial charge in [0.1, 0.15) is 22.0 Å². The second-order valence-corrected chi connectivity index (χ2v) is 13.0. The lowest BCUT2D eigenvalue weighted by Gasteiger charge is -2.16. The molecule has 49 heavy (non-hydrogen) atoms. The van der Waals surface area contributed by atoms with E-state index in [4.69, 9.17) is 9.15 Å². The van der Waals surface area contributed by atoms with E-state index in [9.17, 15) is 19.2 Å². The van der Waals surface area contributed by atoms with E-state index in [1.807, 2.05) is 49.6 Å². The number of benzene rings is 3. The monoisotopic (exact) mass is 693 g/mol. The van der Waals surface area contributed by atoms with E-state index in [0.717, 1.165) is 16.0 Å². The maximum atomic E-state index is 13.6. The summed E-state index contributed by atoms with van der Waals surface area (Å²) in [4.78, 5) is 53.7. The van der Waals surface area contributed by atoms with Crippen molar-refractivity contribution in [1.82, 2.24) is 5.32 Å². The van der Waals surface area contributed by atoms with Crippen LogP contribution in [0.4, 0.5) is 10.7 Å². The van der Waals surface area contributed by atoms with Crippen LogP contribution in [0, 0.1) is 6.92 Å². The number of anilines is 2. The number of esters is 1. The Morgan fingerprint density at radius 3 is 2.39 bits per heavy atom. The number of carbonyl (C=O) groups is 4. The fourth-order valence-electron chi connectivity index (χ4n) is 4.78. The fourth-order valence-corrected chi connectivity index (χ4v) is 6.76. The number of thioether (sulfide) groups is 1. The van der Waals surface area contributed by atoms with Gasteiger partial charge < -0.3 is 25.1 Å². The summed E-state index contributed by atoms with van der Waals surface area (Å²) in [7, 11) is 0. The van der Waals surface area contributed by atoms with E-state index in [0.29, 0.717) is 39.6 Å². The Morgan fingerprint density at radius 1 is 0.918 bits per heavy atom. The third kappa shape index (κ3) is 9.16. The molecule has 9 nitrogen and oxygen atoms in total. The highest BCUT2D eigenvalue weighted by molar-refractivity contribution is 8.00. The quantitative estimate of drug-likeness (QED) is 0.0642. The standard InChI is InChI=1S/C38H35N3O6S2/c1-4-32(36(44)41-37-33(38(45)46-5-2)30(23-48-37)25-18-16-24(3)17-19-25)49-29-15-9-13-27(21-29)39-35(43)31(22-28-14-10-20-47-28)40-34(42)26-11-7-6-8-12-26/h6-23,32H,4-5H2,1-3H3,(H,39,43)(H,40,42)(H,41,44)/b31-22-. The minimum Gasteiger partial charge on any atom is -0.465 e. The largest absolute Gasteiger partial charge is 0.465 e. The van der Waals surface area contributed by atoms with Gasteiger partial charge in [0.05, 0.1) is 18.1 Å². The lowest BCUT2D eigenvalue weighted by atomic mass is 10.0. The molecule has 2 heterocycles. The van der Waals surface area contributed by atoms with E-state index in [1.54, 1.807) is 67.6 Å². The molecule has 0 fully saturated rings.